The van der Waals surface area contributed by atoms with Gasteiger partial charge >= 0.3 is 0 Å². The smallest absolute Gasteiger partial charge is 0.217 e. The second-order valence-corrected chi connectivity index (χ2v) is 21.0. The highest BCUT2D eigenvalue weighted by atomic mass is 16.8. The summed E-state index contributed by atoms with van der Waals surface area (Å²) in [5, 5.41) is 221. The second kappa shape index (κ2) is 29.3. The molecule has 7 fully saturated rings. The van der Waals surface area contributed by atoms with E-state index in [0.717, 1.165) is 13.8 Å². The SMILES string of the molecule is CC(=O)N[C@H]1[C@@H](O[C@H]2[C@@H](O)[C@@H](CO)O[C@@H](O[C@H]3[C@@H](O)[C@@H](CO)O[C@@H](O[C@H]4[C@@H](O)[C@@H](CO)O[C@H](O[C@@H]5[C@H](O)[C@@H](O)[C@H](O[C@H]6[C@H](O)[C@@H](O)C(O)O[C@@H]6CO)O[C@@H]5CO)[C@@H]4O)[C@@H]3NC(C)=O)[C@@H]2O[C@@H]2O[C@@H](C)[C@@H](O)[C@@H](O)[C@@H]2O)O[C@H](CO)[C@H](O)[C@@H]1O. The summed E-state index contributed by atoms with van der Waals surface area (Å²) in [5.74, 6) is -1.75. The van der Waals surface area contributed by atoms with Gasteiger partial charge < -0.3 is 174 Å². The lowest BCUT2D eigenvalue weighted by molar-refractivity contribution is -0.401. The van der Waals surface area contributed by atoms with Gasteiger partial charge in [-0.3, -0.25) is 9.59 Å². The number of amides is 2. The lowest BCUT2D eigenvalue weighted by Gasteiger charge is -2.52. The lowest BCUT2D eigenvalue weighted by atomic mass is 9.93. The first kappa shape index (κ1) is 68.1. The fourth-order valence-electron chi connectivity index (χ4n) is 10.7. The van der Waals surface area contributed by atoms with Crippen molar-refractivity contribution < 1.29 is 173 Å². The van der Waals surface area contributed by atoms with Crippen LogP contribution in [0.4, 0.5) is 0 Å². The zero-order chi connectivity index (χ0) is 61.2. The van der Waals surface area contributed by atoms with Crippen molar-refractivity contribution >= 4 is 11.8 Å². The number of ether oxygens (including phenoxy) is 13. The topological polar surface area (TPSA) is 583 Å². The molecule has 7 rings (SSSR count). The Kier molecular flexibility index (Phi) is 24.0. The maximum Gasteiger partial charge on any atom is 0.217 e. The maximum atomic E-state index is 13.1. The lowest BCUT2D eigenvalue weighted by Crippen LogP contribution is -2.71. The summed E-state index contributed by atoms with van der Waals surface area (Å²) in [7, 11) is 0. The summed E-state index contributed by atoms with van der Waals surface area (Å²) in [6, 6.07) is -3.63. The molecule has 0 aromatic carbocycles. The normalized spacial score (nSPS) is 50.8. The highest BCUT2D eigenvalue weighted by Crippen LogP contribution is 2.39. The molecule has 0 aliphatic carbocycles. The van der Waals surface area contributed by atoms with Crippen LogP contribution in [0.5, 0.6) is 0 Å². The molecule has 0 saturated carbocycles. The van der Waals surface area contributed by atoms with Crippen LogP contribution in [0.15, 0.2) is 0 Å². The first-order valence-corrected chi connectivity index (χ1v) is 26.5. The molecule has 0 bridgehead atoms. The number of carbonyl (C=O) groups is 2. The molecule has 0 radical (unpaired) electrons. The van der Waals surface area contributed by atoms with Crippen LogP contribution in [-0.4, -0.2) is 368 Å². The number of nitrogens with one attached hydrogen (secondary N) is 2. The Balaban J connectivity index is 1.19. The van der Waals surface area contributed by atoms with E-state index in [-0.39, 0.29) is 0 Å². The van der Waals surface area contributed by atoms with Gasteiger partial charge in [-0.1, -0.05) is 0 Å². The van der Waals surface area contributed by atoms with E-state index in [2.05, 4.69) is 10.6 Å². The van der Waals surface area contributed by atoms with Gasteiger partial charge in [0, 0.05) is 13.8 Å². The molecule has 7 aliphatic rings. The van der Waals surface area contributed by atoms with Gasteiger partial charge in [-0.05, 0) is 6.92 Å². The fraction of sp³-hybridized carbons (Fsp3) is 0.957. The predicted octanol–water partition coefficient (Wildman–Crippen LogP) is -15.0. The van der Waals surface area contributed by atoms with Crippen LogP contribution < -0.4 is 10.6 Å². The highest BCUT2D eigenvalue weighted by Gasteiger charge is 2.60. The molecule has 35 atom stereocenters. The predicted molar refractivity (Wildman–Crippen MR) is 254 cm³/mol. The molecule has 22 N–H and O–H groups in total. The van der Waals surface area contributed by atoms with E-state index in [9.17, 15) is 112 Å². The monoisotopic (exact) mass is 1220 g/mol. The minimum Gasteiger partial charge on any atom is -0.394 e. The summed E-state index contributed by atoms with van der Waals surface area (Å²) < 4.78 is 75.7. The number of hydrogen-bond acceptors (Lipinski definition) is 35. The Morgan fingerprint density at radius 2 is 0.675 bits per heavy atom. The third-order valence-electron chi connectivity index (χ3n) is 15.3. The number of aliphatic hydroxyl groups excluding tert-OH is 20. The zero-order valence-electron chi connectivity index (χ0n) is 44.5. The number of aliphatic hydroxyl groups is 20. The maximum absolute atomic E-state index is 13.1. The summed E-state index contributed by atoms with van der Waals surface area (Å²) in [4.78, 5) is 25.5. The Labute approximate surface area is 470 Å². The third-order valence-corrected chi connectivity index (χ3v) is 15.3. The van der Waals surface area contributed by atoms with E-state index in [1.807, 2.05) is 0 Å². The molecule has 37 heteroatoms. The molecule has 37 nitrogen and oxygen atoms in total. The molecule has 7 aliphatic heterocycles. The van der Waals surface area contributed by atoms with Gasteiger partial charge in [-0.15, -0.1) is 0 Å². The molecule has 0 spiro atoms. The second-order valence-electron chi connectivity index (χ2n) is 21.0. The molecule has 482 valence electrons. The van der Waals surface area contributed by atoms with Crippen LogP contribution in [0.25, 0.3) is 0 Å². The molecule has 0 aromatic rings. The molecule has 83 heavy (non-hydrogen) atoms. The Hall–Kier alpha value is -2.38. The van der Waals surface area contributed by atoms with Crippen molar-refractivity contribution in [3.05, 3.63) is 0 Å². The van der Waals surface area contributed by atoms with Crippen molar-refractivity contribution in [1.29, 1.82) is 0 Å². The van der Waals surface area contributed by atoms with Crippen molar-refractivity contribution in [2.24, 2.45) is 0 Å². The van der Waals surface area contributed by atoms with Crippen molar-refractivity contribution in [1.82, 2.24) is 10.6 Å². The third kappa shape index (κ3) is 14.5. The fourth-order valence-corrected chi connectivity index (χ4v) is 10.7. The van der Waals surface area contributed by atoms with Gasteiger partial charge in [-0.25, -0.2) is 0 Å². The quantitative estimate of drug-likeness (QED) is 0.0538. The van der Waals surface area contributed by atoms with E-state index >= 15 is 0 Å². The number of rotatable bonds is 20. The largest absolute Gasteiger partial charge is 0.394 e. The van der Waals surface area contributed by atoms with E-state index in [1.165, 1.54) is 6.92 Å². The van der Waals surface area contributed by atoms with Gasteiger partial charge in [0.1, 0.15) is 165 Å². The Morgan fingerprint density at radius 3 is 1.22 bits per heavy atom. The van der Waals surface area contributed by atoms with Gasteiger partial charge in [0.2, 0.25) is 11.8 Å². The minimum absolute atomic E-state index is 0.814. The summed E-state index contributed by atoms with van der Waals surface area (Å²) in [6.07, 6.45) is -64.6. The highest BCUT2D eigenvalue weighted by molar-refractivity contribution is 5.73. The van der Waals surface area contributed by atoms with Crippen molar-refractivity contribution in [3.63, 3.8) is 0 Å². The molecule has 1 unspecified atom stereocenters. The van der Waals surface area contributed by atoms with E-state index in [1.54, 1.807) is 0 Å². The van der Waals surface area contributed by atoms with Crippen LogP contribution in [0.1, 0.15) is 20.8 Å². The van der Waals surface area contributed by atoms with Gasteiger partial charge in [0.25, 0.3) is 0 Å². The Morgan fingerprint density at radius 1 is 0.313 bits per heavy atom. The van der Waals surface area contributed by atoms with E-state index < -0.39 is 266 Å². The standard InChI is InChI=1S/C46H78N2O35/c1-10-21(57)27(63)31(67)43(71-10)83-39-38(82-41-19(47-11(2)55)26(62)22(58)13(4-49)73-41)25(61)16(7-52)76-46(39)80-36-20(48-12(3)56)42(74-14(5-50)23(36)59)81-37-24(60)15(6-51)75-45(33(37)69)79-35-18(9-54)77-44(32(68)29(35)65)78-34-17(8-53)72-40(70)30(66)28(34)64/h10,13-46,49-54,57-70H,4-9H2,1-3H3,(H,47,55)(H,48,56)/t10-,13+,14+,15+,16+,17+,18+,19+,20+,21+,22-,23-,24-,25-,26+,27+,28+,29+,30+,31-,32+,33+,34+,35-,36+,37-,38-,39+,40?,41+,42-,43-,44-,45+,46-/m0/s1. The molecule has 2 amide bonds. The summed E-state index contributed by atoms with van der Waals surface area (Å²) >= 11 is 0. The van der Waals surface area contributed by atoms with Crippen LogP contribution >= 0.6 is 0 Å². The number of hydrogen-bond donors (Lipinski definition) is 22. The van der Waals surface area contributed by atoms with Crippen molar-refractivity contribution in [2.45, 2.75) is 236 Å². The van der Waals surface area contributed by atoms with Crippen molar-refractivity contribution in [2.75, 3.05) is 39.6 Å². The number of carbonyl (C=O) groups excluding carboxylic acids is 2. The van der Waals surface area contributed by atoms with E-state index in [0.29, 0.717) is 0 Å². The van der Waals surface area contributed by atoms with Gasteiger partial charge in [-0.2, -0.15) is 0 Å². The van der Waals surface area contributed by atoms with Crippen molar-refractivity contribution in [3.8, 4) is 0 Å². The molecule has 7 heterocycles. The molecule has 0 aromatic heterocycles. The van der Waals surface area contributed by atoms with Crippen LogP contribution in [0, 0.1) is 0 Å². The average molecular weight is 1220 g/mol. The Bertz CT molecular complexity index is 2040. The molecular weight excluding hydrogens is 1140 g/mol. The molecule has 7 saturated heterocycles. The summed E-state index contributed by atoms with van der Waals surface area (Å²) in [6.45, 7) is -2.94. The first-order chi connectivity index (χ1) is 39.2. The molecular formula is C46H78N2O35. The van der Waals surface area contributed by atoms with Crippen LogP contribution in [-0.2, 0) is 71.2 Å². The van der Waals surface area contributed by atoms with Crippen LogP contribution in [0.3, 0.4) is 0 Å². The van der Waals surface area contributed by atoms with E-state index in [4.69, 9.17) is 61.6 Å². The van der Waals surface area contributed by atoms with Crippen LogP contribution in [0.2, 0.25) is 0 Å². The first-order valence-electron chi connectivity index (χ1n) is 26.5. The summed E-state index contributed by atoms with van der Waals surface area (Å²) in [5.41, 5.74) is 0. The zero-order valence-corrected chi connectivity index (χ0v) is 44.5. The average Bonchev–Trinajstić information content (AvgIpc) is 3.66. The van der Waals surface area contributed by atoms with Gasteiger partial charge in [0.05, 0.1) is 45.7 Å². The van der Waals surface area contributed by atoms with Gasteiger partial charge in [0.15, 0.2) is 44.0 Å². The minimum atomic E-state index is -2.30.